The summed E-state index contributed by atoms with van der Waals surface area (Å²) in [7, 11) is 0. The molecule has 1 aromatic carbocycles. The van der Waals surface area contributed by atoms with Crippen LogP contribution in [0.1, 0.15) is 16.0 Å². The van der Waals surface area contributed by atoms with E-state index in [1.165, 1.54) is 16.0 Å². The summed E-state index contributed by atoms with van der Waals surface area (Å²) >= 11 is 1.62. The van der Waals surface area contributed by atoms with E-state index in [2.05, 4.69) is 39.6 Å². The van der Waals surface area contributed by atoms with Crippen molar-refractivity contribution < 1.29 is 0 Å². The van der Waals surface area contributed by atoms with Gasteiger partial charge in [-0.05, 0) is 17.5 Å². The molecule has 0 aliphatic carbocycles. The van der Waals surface area contributed by atoms with E-state index in [1.807, 2.05) is 6.20 Å². The Morgan fingerprint density at radius 3 is 2.94 bits per heavy atom. The standard InChI is InChI=1S/C13H16N4S/c14-16-13-15-7-12(18-13)9-17-6-5-10-3-1-2-4-11(10)8-17/h1-4,7H,5-6,8-9,14H2,(H,15,16). The minimum Gasteiger partial charge on any atom is -0.300 e. The molecule has 0 spiro atoms. The molecule has 3 rings (SSSR count). The van der Waals surface area contributed by atoms with Crippen molar-refractivity contribution >= 4 is 16.5 Å². The number of nitrogens with one attached hydrogen (secondary N) is 1. The first kappa shape index (κ1) is 11.6. The molecular weight excluding hydrogens is 244 g/mol. The van der Waals surface area contributed by atoms with Crippen molar-refractivity contribution in [1.29, 1.82) is 0 Å². The second-order valence-electron chi connectivity index (χ2n) is 4.51. The molecule has 3 N–H and O–H groups in total. The van der Waals surface area contributed by atoms with Crippen LogP contribution in [0.2, 0.25) is 0 Å². The summed E-state index contributed by atoms with van der Waals surface area (Å²) in [6, 6.07) is 8.69. The van der Waals surface area contributed by atoms with Gasteiger partial charge in [-0.2, -0.15) is 0 Å². The Labute approximate surface area is 110 Å². The number of anilines is 1. The molecule has 0 saturated heterocycles. The highest BCUT2D eigenvalue weighted by atomic mass is 32.1. The molecule has 4 nitrogen and oxygen atoms in total. The molecule has 0 amide bonds. The number of fused-ring (bicyclic) bond motifs is 1. The van der Waals surface area contributed by atoms with Gasteiger partial charge in [0.1, 0.15) is 0 Å². The summed E-state index contributed by atoms with van der Waals surface area (Å²) in [5.74, 6) is 5.34. The highest BCUT2D eigenvalue weighted by Crippen LogP contribution is 2.23. The lowest BCUT2D eigenvalue weighted by molar-refractivity contribution is 0.247. The first-order chi connectivity index (χ1) is 8.85. The molecule has 0 bridgehead atoms. The van der Waals surface area contributed by atoms with E-state index in [0.29, 0.717) is 0 Å². The fourth-order valence-corrected chi connectivity index (χ4v) is 3.12. The van der Waals surface area contributed by atoms with Gasteiger partial charge in [-0.15, -0.1) is 0 Å². The topological polar surface area (TPSA) is 54.2 Å². The quantitative estimate of drug-likeness (QED) is 0.654. The van der Waals surface area contributed by atoms with Crippen molar-refractivity contribution in [3.63, 3.8) is 0 Å². The Bertz CT molecular complexity index is 537. The van der Waals surface area contributed by atoms with Crippen molar-refractivity contribution in [1.82, 2.24) is 9.88 Å². The van der Waals surface area contributed by atoms with Gasteiger partial charge in [0.25, 0.3) is 0 Å². The number of thiazole rings is 1. The number of nitrogens with two attached hydrogens (primary N) is 1. The van der Waals surface area contributed by atoms with Crippen LogP contribution in [0.4, 0.5) is 5.13 Å². The number of benzene rings is 1. The fourth-order valence-electron chi connectivity index (χ4n) is 2.36. The maximum Gasteiger partial charge on any atom is 0.197 e. The Kier molecular flexibility index (Phi) is 3.27. The molecular formula is C13H16N4S. The van der Waals surface area contributed by atoms with Crippen molar-refractivity contribution in [2.24, 2.45) is 5.84 Å². The lowest BCUT2D eigenvalue weighted by atomic mass is 10.00. The van der Waals surface area contributed by atoms with Gasteiger partial charge in [0, 0.05) is 30.7 Å². The van der Waals surface area contributed by atoms with Crippen LogP contribution in [-0.2, 0) is 19.5 Å². The molecule has 1 aliphatic rings. The summed E-state index contributed by atoms with van der Waals surface area (Å²) in [6.45, 7) is 3.09. The molecule has 2 heterocycles. The van der Waals surface area contributed by atoms with E-state index in [1.54, 1.807) is 11.3 Å². The zero-order valence-corrected chi connectivity index (χ0v) is 10.9. The third-order valence-electron chi connectivity index (χ3n) is 3.27. The van der Waals surface area contributed by atoms with E-state index >= 15 is 0 Å². The predicted octanol–water partition coefficient (Wildman–Crippen LogP) is 1.99. The fraction of sp³-hybridized carbons (Fsp3) is 0.308. The van der Waals surface area contributed by atoms with E-state index in [4.69, 9.17) is 5.84 Å². The average Bonchev–Trinajstić information content (AvgIpc) is 2.86. The van der Waals surface area contributed by atoms with Crippen molar-refractivity contribution in [3.05, 3.63) is 46.5 Å². The van der Waals surface area contributed by atoms with Crippen molar-refractivity contribution in [2.45, 2.75) is 19.5 Å². The Balaban J connectivity index is 1.69. The van der Waals surface area contributed by atoms with E-state index in [9.17, 15) is 0 Å². The van der Waals surface area contributed by atoms with Crippen LogP contribution in [0, 0.1) is 0 Å². The number of hydrogen-bond acceptors (Lipinski definition) is 5. The van der Waals surface area contributed by atoms with Gasteiger partial charge in [-0.3, -0.25) is 10.3 Å². The van der Waals surface area contributed by atoms with Crippen molar-refractivity contribution in [3.8, 4) is 0 Å². The number of hydrazine groups is 1. The van der Waals surface area contributed by atoms with Crippen LogP contribution in [0.25, 0.3) is 0 Å². The lowest BCUT2D eigenvalue weighted by Gasteiger charge is -2.28. The molecule has 1 aliphatic heterocycles. The van der Waals surface area contributed by atoms with Crippen LogP contribution in [-0.4, -0.2) is 16.4 Å². The van der Waals surface area contributed by atoms with Gasteiger partial charge in [-0.25, -0.2) is 10.8 Å². The predicted molar refractivity (Wildman–Crippen MR) is 74.2 cm³/mol. The van der Waals surface area contributed by atoms with E-state index in [0.717, 1.165) is 31.2 Å². The minimum absolute atomic E-state index is 0.780. The van der Waals surface area contributed by atoms with Crippen LogP contribution in [0.3, 0.4) is 0 Å². The van der Waals surface area contributed by atoms with Crippen LogP contribution in [0.15, 0.2) is 30.5 Å². The zero-order valence-electron chi connectivity index (χ0n) is 10.1. The van der Waals surface area contributed by atoms with E-state index in [-0.39, 0.29) is 0 Å². The maximum absolute atomic E-state index is 5.34. The number of aromatic nitrogens is 1. The summed E-state index contributed by atoms with van der Waals surface area (Å²) in [5, 5.41) is 0.780. The van der Waals surface area contributed by atoms with Gasteiger partial charge < -0.3 is 0 Å². The highest BCUT2D eigenvalue weighted by Gasteiger charge is 2.16. The van der Waals surface area contributed by atoms with Crippen LogP contribution < -0.4 is 11.3 Å². The largest absolute Gasteiger partial charge is 0.300 e. The molecule has 18 heavy (non-hydrogen) atoms. The molecule has 0 fully saturated rings. The molecule has 0 radical (unpaired) electrons. The summed E-state index contributed by atoms with van der Waals surface area (Å²) in [5.41, 5.74) is 5.53. The highest BCUT2D eigenvalue weighted by molar-refractivity contribution is 7.15. The van der Waals surface area contributed by atoms with Gasteiger partial charge >= 0.3 is 0 Å². The van der Waals surface area contributed by atoms with Gasteiger partial charge in [0.05, 0.1) is 0 Å². The Hall–Kier alpha value is -1.43. The molecule has 94 valence electrons. The molecule has 0 saturated carbocycles. The maximum atomic E-state index is 5.34. The number of nitrogen functional groups attached to an aromatic ring is 1. The van der Waals surface area contributed by atoms with Crippen LogP contribution >= 0.6 is 11.3 Å². The number of hydrogen-bond donors (Lipinski definition) is 2. The lowest BCUT2D eigenvalue weighted by Crippen LogP contribution is -2.29. The summed E-state index contributed by atoms with van der Waals surface area (Å²) in [4.78, 5) is 7.91. The third kappa shape index (κ3) is 2.38. The molecule has 1 aromatic heterocycles. The number of nitrogens with zero attached hydrogens (tertiary/aromatic N) is 2. The monoisotopic (exact) mass is 260 g/mol. The molecule has 0 unspecified atom stereocenters. The minimum atomic E-state index is 0.780. The number of rotatable bonds is 3. The average molecular weight is 260 g/mol. The molecule has 5 heteroatoms. The van der Waals surface area contributed by atoms with Crippen LogP contribution in [0.5, 0.6) is 0 Å². The van der Waals surface area contributed by atoms with Crippen molar-refractivity contribution in [2.75, 3.05) is 12.0 Å². The SMILES string of the molecule is NNc1ncc(CN2CCc3ccccc3C2)s1. The second kappa shape index (κ2) is 5.06. The molecule has 2 aromatic rings. The van der Waals surface area contributed by atoms with E-state index < -0.39 is 0 Å². The van der Waals surface area contributed by atoms with Gasteiger partial charge in [0.2, 0.25) is 0 Å². The molecule has 0 atom stereocenters. The first-order valence-electron chi connectivity index (χ1n) is 6.05. The Morgan fingerprint density at radius 1 is 1.33 bits per heavy atom. The van der Waals surface area contributed by atoms with Gasteiger partial charge in [0.15, 0.2) is 5.13 Å². The third-order valence-corrected chi connectivity index (χ3v) is 4.18. The van der Waals surface area contributed by atoms with Gasteiger partial charge in [-0.1, -0.05) is 35.6 Å². The second-order valence-corrected chi connectivity index (χ2v) is 5.62. The first-order valence-corrected chi connectivity index (χ1v) is 6.87. The summed E-state index contributed by atoms with van der Waals surface area (Å²) < 4.78 is 0. The Morgan fingerprint density at radius 2 is 2.17 bits per heavy atom. The normalized spacial score (nSPS) is 15.4. The zero-order chi connectivity index (χ0) is 12.4. The summed E-state index contributed by atoms with van der Waals surface area (Å²) in [6.07, 6.45) is 3.04. The smallest absolute Gasteiger partial charge is 0.197 e.